The minimum absolute atomic E-state index is 0.262. The number of fused-ring (bicyclic) bond motifs is 1. The van der Waals surface area contributed by atoms with Crippen molar-refractivity contribution in [1.82, 2.24) is 29.7 Å². The Hall–Kier alpha value is -3.10. The summed E-state index contributed by atoms with van der Waals surface area (Å²) in [6, 6.07) is 0. The summed E-state index contributed by atoms with van der Waals surface area (Å²) in [6.07, 6.45) is 4.80. The Balaban J connectivity index is 2.57. The average molecular weight is 342 g/mol. The fourth-order valence-electron chi connectivity index (χ4n) is 1.75. The van der Waals surface area contributed by atoms with Gasteiger partial charge < -0.3 is 14.5 Å². The van der Waals surface area contributed by atoms with Gasteiger partial charge in [-0.1, -0.05) is 6.58 Å². The van der Waals surface area contributed by atoms with Crippen LogP contribution >= 0.6 is 0 Å². The van der Waals surface area contributed by atoms with Crippen molar-refractivity contribution >= 4 is 41.4 Å². The van der Waals surface area contributed by atoms with Gasteiger partial charge in [0.05, 0.1) is 25.5 Å². The number of hydrogen-bond acceptors (Lipinski definition) is 7. The second-order valence-electron chi connectivity index (χ2n) is 5.55. The number of aliphatic imine (C=N–C) groups is 2. The van der Waals surface area contributed by atoms with E-state index in [1.807, 2.05) is 35.1 Å². The smallest absolute Gasteiger partial charge is 0.255 e. The van der Waals surface area contributed by atoms with Gasteiger partial charge in [-0.3, -0.25) is 0 Å². The summed E-state index contributed by atoms with van der Waals surface area (Å²) in [5, 5.41) is 0. The van der Waals surface area contributed by atoms with Crippen LogP contribution in [0, 0.1) is 0 Å². The molecule has 132 valence electrons. The first-order valence-electron chi connectivity index (χ1n) is 7.68. The molecule has 0 aliphatic heterocycles. The molecule has 25 heavy (non-hydrogen) atoms. The molecule has 0 N–H and O–H groups in total. The van der Waals surface area contributed by atoms with Gasteiger partial charge in [-0.15, -0.1) is 0 Å². The van der Waals surface area contributed by atoms with Crippen molar-refractivity contribution < 1.29 is 4.74 Å². The Kier molecular flexibility index (Phi) is 5.93. The minimum Gasteiger partial charge on any atom is -0.492 e. The summed E-state index contributed by atoms with van der Waals surface area (Å²) in [5.41, 5.74) is 1.38. The van der Waals surface area contributed by atoms with Gasteiger partial charge >= 0.3 is 0 Å². The first-order chi connectivity index (χ1) is 11.9. The van der Waals surface area contributed by atoms with Gasteiger partial charge in [0.1, 0.15) is 11.5 Å². The molecule has 0 fully saturated rings. The van der Waals surface area contributed by atoms with Crippen LogP contribution in [-0.4, -0.2) is 77.2 Å². The number of nitrogens with zero attached hydrogens (tertiary/aromatic N) is 8. The summed E-state index contributed by atoms with van der Waals surface area (Å²) in [4.78, 5) is 29.7. The van der Waals surface area contributed by atoms with Crippen molar-refractivity contribution in [2.75, 3.05) is 34.8 Å². The Morgan fingerprint density at radius 1 is 1.12 bits per heavy atom. The van der Waals surface area contributed by atoms with Crippen LogP contribution in [0.15, 0.2) is 22.8 Å². The van der Waals surface area contributed by atoms with Gasteiger partial charge in [-0.25, -0.2) is 20.0 Å². The molecule has 0 bridgehead atoms. The molecular formula is C16H22N8O. The lowest BCUT2D eigenvalue weighted by Gasteiger charge is -2.08. The van der Waals surface area contributed by atoms with E-state index in [4.69, 9.17) is 4.74 Å². The third-order valence-electron chi connectivity index (χ3n) is 2.80. The Morgan fingerprint density at radius 2 is 1.80 bits per heavy atom. The quantitative estimate of drug-likeness (QED) is 0.431. The molecule has 0 radical (unpaired) electrons. The van der Waals surface area contributed by atoms with E-state index in [1.54, 1.807) is 28.7 Å². The van der Waals surface area contributed by atoms with E-state index < -0.39 is 0 Å². The number of aromatic nitrogens is 4. The van der Waals surface area contributed by atoms with Crippen LogP contribution in [0.5, 0.6) is 0 Å². The van der Waals surface area contributed by atoms with Gasteiger partial charge in [0.2, 0.25) is 0 Å². The number of ether oxygens (including phenoxy) is 1. The molecule has 0 aliphatic rings. The van der Waals surface area contributed by atoms with Gasteiger partial charge in [-0.05, 0) is 6.92 Å². The fourth-order valence-corrected chi connectivity index (χ4v) is 1.75. The fraction of sp³-hybridized carbons (Fsp3) is 0.375. The first kappa shape index (κ1) is 18.2. The molecule has 0 spiro atoms. The topological polar surface area (TPSA) is 92.0 Å². The molecular weight excluding hydrogens is 320 g/mol. The summed E-state index contributed by atoms with van der Waals surface area (Å²) in [7, 11) is 7.46. The lowest BCUT2D eigenvalue weighted by atomic mass is 10.3. The molecule has 0 unspecified atom stereocenters. The SMILES string of the molecule is C=C(OCC)c1cnc2nc(/N=C/N(C)C)nc(N=CN(C)C)c2n1. The Labute approximate surface area is 146 Å². The Morgan fingerprint density at radius 3 is 2.44 bits per heavy atom. The second kappa shape index (κ2) is 8.13. The zero-order valence-electron chi connectivity index (χ0n) is 15.1. The number of rotatable bonds is 7. The zero-order valence-corrected chi connectivity index (χ0v) is 15.1. The van der Waals surface area contributed by atoms with Crippen molar-refractivity contribution in [3.63, 3.8) is 0 Å². The molecule has 9 nitrogen and oxygen atoms in total. The standard InChI is InChI=1S/C16H22N8O/c1-7-25-11(2)12-8-17-14-13(20-12)15(18-9-23(3)4)22-16(21-14)19-10-24(5)6/h8-10H,2,7H2,1,3-6H3/b18-9?,19-10+. The van der Waals surface area contributed by atoms with E-state index in [-0.39, 0.29) is 5.95 Å². The second-order valence-corrected chi connectivity index (χ2v) is 5.55. The molecule has 2 aromatic rings. The third kappa shape index (κ3) is 4.93. The van der Waals surface area contributed by atoms with Crippen molar-refractivity contribution in [2.45, 2.75) is 6.92 Å². The maximum atomic E-state index is 5.39. The van der Waals surface area contributed by atoms with Crippen LogP contribution in [0.4, 0.5) is 11.8 Å². The highest BCUT2D eigenvalue weighted by atomic mass is 16.5. The predicted octanol–water partition coefficient (Wildman–Crippen LogP) is 1.87. The highest BCUT2D eigenvalue weighted by Crippen LogP contribution is 2.24. The van der Waals surface area contributed by atoms with E-state index in [9.17, 15) is 0 Å². The summed E-state index contributed by atoms with van der Waals surface area (Å²) in [6.45, 7) is 6.23. The van der Waals surface area contributed by atoms with Crippen LogP contribution in [0.2, 0.25) is 0 Å². The van der Waals surface area contributed by atoms with E-state index in [2.05, 4.69) is 36.5 Å². The van der Waals surface area contributed by atoms with Crippen LogP contribution in [0.25, 0.3) is 16.9 Å². The summed E-state index contributed by atoms with van der Waals surface area (Å²) >= 11 is 0. The van der Waals surface area contributed by atoms with Crippen molar-refractivity contribution in [1.29, 1.82) is 0 Å². The van der Waals surface area contributed by atoms with E-state index in [1.165, 1.54) is 0 Å². The van der Waals surface area contributed by atoms with Crippen molar-refractivity contribution in [2.24, 2.45) is 9.98 Å². The van der Waals surface area contributed by atoms with Gasteiger partial charge in [0, 0.05) is 28.2 Å². The van der Waals surface area contributed by atoms with Crippen LogP contribution < -0.4 is 0 Å². The summed E-state index contributed by atoms with van der Waals surface area (Å²) in [5.74, 6) is 1.08. The van der Waals surface area contributed by atoms with Crippen LogP contribution in [-0.2, 0) is 4.74 Å². The van der Waals surface area contributed by atoms with Gasteiger partial charge in [0.25, 0.3) is 5.95 Å². The van der Waals surface area contributed by atoms with Crippen LogP contribution in [0.1, 0.15) is 12.6 Å². The zero-order chi connectivity index (χ0) is 18.4. The predicted molar refractivity (Wildman–Crippen MR) is 99.5 cm³/mol. The normalized spacial score (nSPS) is 11.4. The summed E-state index contributed by atoms with van der Waals surface area (Å²) < 4.78 is 5.39. The number of hydrogen-bond donors (Lipinski definition) is 0. The van der Waals surface area contributed by atoms with E-state index >= 15 is 0 Å². The Bertz CT molecular complexity index is 813. The molecule has 2 rings (SSSR count). The lowest BCUT2D eigenvalue weighted by molar-refractivity contribution is 0.298. The van der Waals surface area contributed by atoms with E-state index in [0.717, 1.165) is 0 Å². The molecule has 0 aromatic carbocycles. The molecule has 0 saturated heterocycles. The lowest BCUT2D eigenvalue weighted by Crippen LogP contribution is -2.08. The highest BCUT2D eigenvalue weighted by molar-refractivity contribution is 5.84. The van der Waals surface area contributed by atoms with Gasteiger partial charge in [0.15, 0.2) is 17.0 Å². The van der Waals surface area contributed by atoms with Crippen molar-refractivity contribution in [3.05, 3.63) is 18.5 Å². The monoisotopic (exact) mass is 342 g/mol. The maximum Gasteiger partial charge on any atom is 0.255 e. The third-order valence-corrected chi connectivity index (χ3v) is 2.80. The largest absolute Gasteiger partial charge is 0.492 e. The van der Waals surface area contributed by atoms with Crippen LogP contribution in [0.3, 0.4) is 0 Å². The van der Waals surface area contributed by atoms with E-state index in [0.29, 0.717) is 35.0 Å². The average Bonchev–Trinajstić information content (AvgIpc) is 2.57. The molecule has 0 amide bonds. The van der Waals surface area contributed by atoms with Crippen molar-refractivity contribution in [3.8, 4) is 0 Å². The maximum absolute atomic E-state index is 5.39. The molecule has 0 atom stereocenters. The molecule has 0 saturated carbocycles. The molecule has 9 heteroatoms. The molecule has 2 aromatic heterocycles. The minimum atomic E-state index is 0.262. The van der Waals surface area contributed by atoms with Gasteiger partial charge in [-0.2, -0.15) is 9.97 Å². The molecule has 0 aliphatic carbocycles. The molecule has 2 heterocycles. The highest BCUT2D eigenvalue weighted by Gasteiger charge is 2.12. The first-order valence-corrected chi connectivity index (χ1v) is 7.68.